The van der Waals surface area contributed by atoms with Gasteiger partial charge in [-0.3, -0.25) is 0 Å². The van der Waals surface area contributed by atoms with Crippen LogP contribution in [0.3, 0.4) is 0 Å². The van der Waals surface area contributed by atoms with Gasteiger partial charge in [0, 0.05) is 32.6 Å². The van der Waals surface area contributed by atoms with E-state index in [1.807, 2.05) is 43.4 Å². The molecule has 0 heterocycles. The SMILES string of the molecule is CNC(CCOc1cccc(OC)c1)c1ccc(OC(=O)N(C)C)cc1. The molecule has 0 fully saturated rings. The highest BCUT2D eigenvalue weighted by Gasteiger charge is 2.11. The van der Waals surface area contributed by atoms with Crippen molar-refractivity contribution in [3.8, 4) is 17.2 Å². The lowest BCUT2D eigenvalue weighted by atomic mass is 10.0. The molecule has 0 aliphatic rings. The maximum absolute atomic E-state index is 11.6. The summed E-state index contributed by atoms with van der Waals surface area (Å²) in [7, 11) is 6.85. The van der Waals surface area contributed by atoms with E-state index < -0.39 is 6.09 Å². The number of nitrogens with one attached hydrogen (secondary N) is 1. The molecule has 0 saturated carbocycles. The summed E-state index contributed by atoms with van der Waals surface area (Å²) in [4.78, 5) is 13.0. The molecule has 140 valence electrons. The van der Waals surface area contributed by atoms with Gasteiger partial charge in [0.25, 0.3) is 0 Å². The van der Waals surface area contributed by atoms with Gasteiger partial charge < -0.3 is 24.4 Å². The van der Waals surface area contributed by atoms with E-state index in [0.717, 1.165) is 23.5 Å². The number of amides is 1. The lowest BCUT2D eigenvalue weighted by molar-refractivity contribution is 0.172. The van der Waals surface area contributed by atoms with Crippen LogP contribution in [0.15, 0.2) is 48.5 Å². The van der Waals surface area contributed by atoms with Crippen molar-refractivity contribution in [3.05, 3.63) is 54.1 Å². The molecule has 2 aromatic rings. The van der Waals surface area contributed by atoms with Crippen molar-refractivity contribution in [1.29, 1.82) is 0 Å². The van der Waals surface area contributed by atoms with Crippen molar-refractivity contribution >= 4 is 6.09 Å². The Morgan fingerprint density at radius 3 is 2.38 bits per heavy atom. The predicted molar refractivity (Wildman–Crippen MR) is 101 cm³/mol. The predicted octanol–water partition coefficient (Wildman–Crippen LogP) is 3.49. The maximum atomic E-state index is 11.6. The molecule has 1 amide bonds. The number of nitrogens with zero attached hydrogens (tertiary/aromatic N) is 1. The van der Waals surface area contributed by atoms with Gasteiger partial charge in [-0.25, -0.2) is 4.79 Å². The number of carbonyl (C=O) groups is 1. The number of benzene rings is 2. The first kappa shape index (κ1) is 19.6. The van der Waals surface area contributed by atoms with Crippen LogP contribution in [0, 0.1) is 0 Å². The number of methoxy groups -OCH3 is 1. The molecule has 0 aliphatic heterocycles. The largest absolute Gasteiger partial charge is 0.497 e. The summed E-state index contributed by atoms with van der Waals surface area (Å²) in [6.07, 6.45) is 0.402. The molecule has 6 heteroatoms. The van der Waals surface area contributed by atoms with Crippen LogP contribution in [0.2, 0.25) is 0 Å². The average molecular weight is 358 g/mol. The van der Waals surface area contributed by atoms with Gasteiger partial charge in [-0.2, -0.15) is 0 Å². The van der Waals surface area contributed by atoms with E-state index in [9.17, 15) is 4.79 Å². The fraction of sp³-hybridized carbons (Fsp3) is 0.350. The zero-order valence-electron chi connectivity index (χ0n) is 15.7. The lowest BCUT2D eigenvalue weighted by Gasteiger charge is -2.18. The van der Waals surface area contributed by atoms with Gasteiger partial charge in [0.1, 0.15) is 17.2 Å². The average Bonchev–Trinajstić information content (AvgIpc) is 2.66. The molecular formula is C20H26N2O4. The molecule has 2 rings (SSSR count). The summed E-state index contributed by atoms with van der Waals surface area (Å²) in [5.74, 6) is 2.08. The normalized spacial score (nSPS) is 11.5. The number of hydrogen-bond acceptors (Lipinski definition) is 5. The fourth-order valence-corrected chi connectivity index (χ4v) is 2.42. The Morgan fingerprint density at radius 1 is 1.08 bits per heavy atom. The van der Waals surface area contributed by atoms with E-state index in [1.165, 1.54) is 4.90 Å². The minimum atomic E-state index is -0.394. The van der Waals surface area contributed by atoms with Crippen molar-refractivity contribution in [1.82, 2.24) is 10.2 Å². The van der Waals surface area contributed by atoms with Gasteiger partial charge in [0.05, 0.1) is 13.7 Å². The molecule has 1 unspecified atom stereocenters. The standard InChI is InChI=1S/C20H26N2O4/c1-21-19(12-13-25-18-7-5-6-17(14-18)24-4)15-8-10-16(11-9-15)26-20(23)22(2)3/h5-11,14,19,21H,12-13H2,1-4H3. The van der Waals surface area contributed by atoms with Crippen molar-refractivity contribution in [2.75, 3.05) is 34.9 Å². The summed E-state index contributed by atoms with van der Waals surface area (Å²) in [6.45, 7) is 0.566. The third-order valence-electron chi connectivity index (χ3n) is 3.92. The third-order valence-corrected chi connectivity index (χ3v) is 3.92. The van der Waals surface area contributed by atoms with Crippen molar-refractivity contribution in [3.63, 3.8) is 0 Å². The summed E-state index contributed by atoms with van der Waals surface area (Å²) < 4.78 is 16.2. The van der Waals surface area contributed by atoms with E-state index >= 15 is 0 Å². The number of rotatable bonds is 8. The molecule has 0 radical (unpaired) electrons. The summed E-state index contributed by atoms with van der Waals surface area (Å²) in [5, 5.41) is 3.28. The van der Waals surface area contributed by atoms with Crippen LogP contribution < -0.4 is 19.5 Å². The van der Waals surface area contributed by atoms with Crippen LogP contribution >= 0.6 is 0 Å². The Kier molecular flexibility index (Phi) is 7.29. The first-order chi connectivity index (χ1) is 12.5. The second-order valence-electron chi connectivity index (χ2n) is 5.99. The Balaban J connectivity index is 1.90. The van der Waals surface area contributed by atoms with Crippen LogP contribution in [-0.2, 0) is 0 Å². The number of carbonyl (C=O) groups excluding carboxylic acids is 1. The minimum absolute atomic E-state index is 0.138. The second kappa shape index (κ2) is 9.68. The molecule has 0 bridgehead atoms. The second-order valence-corrected chi connectivity index (χ2v) is 5.99. The van der Waals surface area contributed by atoms with Gasteiger partial charge in [0.15, 0.2) is 0 Å². The Labute approximate surface area is 154 Å². The Hall–Kier alpha value is -2.73. The highest BCUT2D eigenvalue weighted by molar-refractivity contribution is 5.69. The highest BCUT2D eigenvalue weighted by Crippen LogP contribution is 2.22. The topological polar surface area (TPSA) is 60.0 Å². The molecule has 0 aliphatic carbocycles. The molecule has 0 aromatic heterocycles. The summed E-state index contributed by atoms with van der Waals surface area (Å²) in [6, 6.07) is 15.2. The first-order valence-corrected chi connectivity index (χ1v) is 8.46. The van der Waals surface area contributed by atoms with Crippen LogP contribution in [0.25, 0.3) is 0 Å². The molecule has 1 atom stereocenters. The zero-order valence-corrected chi connectivity index (χ0v) is 15.7. The van der Waals surface area contributed by atoms with Crippen molar-refractivity contribution < 1.29 is 19.0 Å². The molecular weight excluding hydrogens is 332 g/mol. The van der Waals surface area contributed by atoms with E-state index in [-0.39, 0.29) is 6.04 Å². The van der Waals surface area contributed by atoms with Crippen molar-refractivity contribution in [2.45, 2.75) is 12.5 Å². The maximum Gasteiger partial charge on any atom is 0.414 e. The fourth-order valence-electron chi connectivity index (χ4n) is 2.42. The van der Waals surface area contributed by atoms with Gasteiger partial charge in [0.2, 0.25) is 0 Å². The smallest absolute Gasteiger partial charge is 0.414 e. The monoisotopic (exact) mass is 358 g/mol. The van der Waals surface area contributed by atoms with Crippen LogP contribution in [0.4, 0.5) is 4.79 Å². The van der Waals surface area contributed by atoms with Gasteiger partial charge in [-0.1, -0.05) is 18.2 Å². The van der Waals surface area contributed by atoms with Crippen molar-refractivity contribution in [2.24, 2.45) is 0 Å². The molecule has 2 aromatic carbocycles. The van der Waals surface area contributed by atoms with Crippen LogP contribution in [0.5, 0.6) is 17.2 Å². The minimum Gasteiger partial charge on any atom is -0.497 e. The Morgan fingerprint density at radius 2 is 1.77 bits per heavy atom. The molecule has 0 saturated heterocycles. The summed E-state index contributed by atoms with van der Waals surface area (Å²) in [5.41, 5.74) is 1.10. The lowest BCUT2D eigenvalue weighted by Crippen LogP contribution is -2.25. The zero-order chi connectivity index (χ0) is 18.9. The third kappa shape index (κ3) is 5.67. The quantitative estimate of drug-likeness (QED) is 0.783. The highest BCUT2D eigenvalue weighted by atomic mass is 16.6. The molecule has 26 heavy (non-hydrogen) atoms. The number of ether oxygens (including phenoxy) is 3. The molecule has 6 nitrogen and oxygen atoms in total. The molecule has 0 spiro atoms. The molecule has 1 N–H and O–H groups in total. The Bertz CT molecular complexity index is 701. The van der Waals surface area contributed by atoms with E-state index in [1.54, 1.807) is 33.3 Å². The first-order valence-electron chi connectivity index (χ1n) is 8.46. The van der Waals surface area contributed by atoms with E-state index in [0.29, 0.717) is 12.4 Å². The summed E-state index contributed by atoms with van der Waals surface area (Å²) >= 11 is 0. The van der Waals surface area contributed by atoms with Gasteiger partial charge in [-0.15, -0.1) is 0 Å². The van der Waals surface area contributed by atoms with Crippen LogP contribution in [-0.4, -0.2) is 45.9 Å². The van der Waals surface area contributed by atoms with E-state index in [2.05, 4.69) is 5.32 Å². The van der Waals surface area contributed by atoms with Gasteiger partial charge in [-0.05, 0) is 36.9 Å². The van der Waals surface area contributed by atoms with Crippen LogP contribution in [0.1, 0.15) is 18.0 Å². The number of hydrogen-bond donors (Lipinski definition) is 1. The van der Waals surface area contributed by atoms with Gasteiger partial charge >= 0.3 is 6.09 Å². The van der Waals surface area contributed by atoms with E-state index in [4.69, 9.17) is 14.2 Å².